The lowest BCUT2D eigenvalue weighted by atomic mass is 9.97. The Morgan fingerprint density at radius 2 is 1.94 bits per heavy atom. The normalized spacial score (nSPS) is 15.5. The Morgan fingerprint density at radius 1 is 1.26 bits per heavy atom. The summed E-state index contributed by atoms with van der Waals surface area (Å²) in [5.41, 5.74) is 1.21. The molecule has 1 saturated heterocycles. The van der Waals surface area contributed by atoms with Crippen molar-refractivity contribution in [2.24, 2.45) is 10.9 Å². The van der Waals surface area contributed by atoms with Crippen LogP contribution < -0.4 is 5.32 Å². The number of halogens is 1. The maximum absolute atomic E-state index is 12.4. The zero-order valence-electron chi connectivity index (χ0n) is 19.9. The van der Waals surface area contributed by atoms with Crippen LogP contribution >= 0.6 is 35.3 Å². The Morgan fingerprint density at radius 3 is 2.48 bits per heavy atom. The van der Waals surface area contributed by atoms with Crippen LogP contribution in [0.2, 0.25) is 0 Å². The van der Waals surface area contributed by atoms with Gasteiger partial charge in [0, 0.05) is 45.2 Å². The van der Waals surface area contributed by atoms with Gasteiger partial charge in [-0.2, -0.15) is 0 Å². The first-order valence-electron chi connectivity index (χ1n) is 11.4. The molecule has 0 radical (unpaired) electrons. The number of aromatic nitrogens is 1. The van der Waals surface area contributed by atoms with Gasteiger partial charge in [-0.05, 0) is 59.0 Å². The monoisotopic (exact) mass is 564 g/mol. The third kappa shape index (κ3) is 9.21. The van der Waals surface area contributed by atoms with Crippen molar-refractivity contribution in [1.82, 2.24) is 25.0 Å². The summed E-state index contributed by atoms with van der Waals surface area (Å²) < 4.78 is 0. The van der Waals surface area contributed by atoms with Gasteiger partial charge >= 0.3 is 0 Å². The number of likely N-dealkylation sites (tertiary alicyclic amines) is 1. The van der Waals surface area contributed by atoms with Gasteiger partial charge in [0.05, 0.1) is 17.2 Å². The zero-order valence-corrected chi connectivity index (χ0v) is 23.0. The molecule has 1 fully saturated rings. The van der Waals surface area contributed by atoms with E-state index in [1.165, 1.54) is 10.7 Å². The van der Waals surface area contributed by atoms with Gasteiger partial charge in [-0.15, -0.1) is 35.3 Å². The van der Waals surface area contributed by atoms with Crippen LogP contribution in [-0.4, -0.2) is 84.4 Å². The molecule has 0 bridgehead atoms. The van der Waals surface area contributed by atoms with E-state index in [0.29, 0.717) is 12.5 Å². The summed E-state index contributed by atoms with van der Waals surface area (Å²) in [6, 6.07) is 0. The van der Waals surface area contributed by atoms with E-state index in [-0.39, 0.29) is 29.9 Å². The van der Waals surface area contributed by atoms with Crippen molar-refractivity contribution in [2.45, 2.75) is 53.5 Å². The smallest absolute Gasteiger partial charge is 0.242 e. The van der Waals surface area contributed by atoms with Gasteiger partial charge in [0.25, 0.3) is 0 Å². The number of thiazole rings is 1. The van der Waals surface area contributed by atoms with Gasteiger partial charge in [0.1, 0.15) is 0 Å². The minimum atomic E-state index is 0. The van der Waals surface area contributed by atoms with E-state index < -0.39 is 0 Å². The minimum absolute atomic E-state index is 0. The molecule has 0 aromatic carbocycles. The zero-order chi connectivity index (χ0) is 21.9. The number of carbonyl (C=O) groups is 1. The Hall–Kier alpha value is -0.940. The first-order valence-corrected chi connectivity index (χ1v) is 12.3. The van der Waals surface area contributed by atoms with Crippen LogP contribution in [0.15, 0.2) is 10.4 Å². The molecule has 0 aliphatic carbocycles. The standard InChI is InChI=1S/C22H40N6OS.HI/c1-6-20-25-19(17-30-20)15-27-12-10-18(11-13-27)14-24-22(23-7-2)26(5)16-21(29)28(8-3)9-4;/h17-18H,6-16H2,1-5H3,(H,23,24);1H. The van der Waals surface area contributed by atoms with Crippen LogP contribution in [0.3, 0.4) is 0 Å². The molecule has 178 valence electrons. The Bertz CT molecular complexity index is 671. The number of amides is 1. The SMILES string of the molecule is CCNC(=NCC1CCN(Cc2csc(CC)n2)CC1)N(C)CC(=O)N(CC)CC.I. The van der Waals surface area contributed by atoms with Crippen molar-refractivity contribution >= 4 is 47.2 Å². The van der Waals surface area contributed by atoms with Crippen LogP contribution in [0, 0.1) is 5.92 Å². The molecular formula is C22H41IN6OS. The number of nitrogens with one attached hydrogen (secondary N) is 1. The maximum atomic E-state index is 12.4. The van der Waals surface area contributed by atoms with Crippen LogP contribution in [-0.2, 0) is 17.8 Å². The average Bonchev–Trinajstić information content (AvgIpc) is 3.20. The first-order chi connectivity index (χ1) is 14.5. The second kappa shape index (κ2) is 15.0. The number of nitrogens with zero attached hydrogens (tertiary/aromatic N) is 5. The fraction of sp³-hybridized carbons (Fsp3) is 0.773. The lowest BCUT2D eigenvalue weighted by Gasteiger charge is -2.31. The lowest BCUT2D eigenvalue weighted by Crippen LogP contribution is -2.46. The van der Waals surface area contributed by atoms with Crippen LogP contribution in [0.1, 0.15) is 51.2 Å². The summed E-state index contributed by atoms with van der Waals surface area (Å²) in [5.74, 6) is 1.58. The third-order valence-electron chi connectivity index (χ3n) is 5.68. The largest absolute Gasteiger partial charge is 0.357 e. The Labute approximate surface area is 209 Å². The number of likely N-dealkylation sites (N-methyl/N-ethyl adjacent to an activating group) is 2. The number of piperidine rings is 1. The second-order valence-electron chi connectivity index (χ2n) is 7.92. The van der Waals surface area contributed by atoms with E-state index in [9.17, 15) is 4.79 Å². The predicted octanol–water partition coefficient (Wildman–Crippen LogP) is 3.30. The van der Waals surface area contributed by atoms with E-state index in [2.05, 4.69) is 29.4 Å². The number of hydrogen-bond donors (Lipinski definition) is 1. The highest BCUT2D eigenvalue weighted by molar-refractivity contribution is 14.0. The molecule has 0 saturated carbocycles. The molecule has 1 aliphatic rings. The van der Waals surface area contributed by atoms with Crippen LogP contribution in [0.5, 0.6) is 0 Å². The summed E-state index contributed by atoms with van der Waals surface area (Å²) in [6.07, 6.45) is 3.35. The van der Waals surface area contributed by atoms with Gasteiger partial charge in [-0.25, -0.2) is 4.98 Å². The van der Waals surface area contributed by atoms with Crippen LogP contribution in [0.4, 0.5) is 0 Å². The van der Waals surface area contributed by atoms with E-state index >= 15 is 0 Å². The predicted molar refractivity (Wildman–Crippen MR) is 141 cm³/mol. The summed E-state index contributed by atoms with van der Waals surface area (Å²) >= 11 is 1.77. The van der Waals surface area contributed by atoms with Gasteiger partial charge < -0.3 is 15.1 Å². The molecule has 0 spiro atoms. The molecular weight excluding hydrogens is 523 g/mol. The number of rotatable bonds is 10. The molecule has 1 aromatic heterocycles. The number of hydrogen-bond acceptors (Lipinski definition) is 5. The van der Waals surface area contributed by atoms with Crippen LogP contribution in [0.25, 0.3) is 0 Å². The maximum Gasteiger partial charge on any atom is 0.242 e. The molecule has 1 N–H and O–H groups in total. The van der Waals surface area contributed by atoms with Gasteiger partial charge in [0.15, 0.2) is 5.96 Å². The lowest BCUT2D eigenvalue weighted by molar-refractivity contribution is -0.131. The molecule has 31 heavy (non-hydrogen) atoms. The molecule has 1 aliphatic heterocycles. The molecule has 0 unspecified atom stereocenters. The molecule has 1 amide bonds. The number of carbonyl (C=O) groups excluding carboxylic acids is 1. The second-order valence-corrected chi connectivity index (χ2v) is 8.87. The number of guanidine groups is 1. The minimum Gasteiger partial charge on any atom is -0.357 e. The van der Waals surface area contributed by atoms with E-state index in [1.807, 2.05) is 30.7 Å². The van der Waals surface area contributed by atoms with Crippen molar-refractivity contribution in [3.05, 3.63) is 16.1 Å². The first kappa shape index (κ1) is 28.1. The number of aliphatic imine (C=N–C) groups is 1. The average molecular weight is 565 g/mol. The topological polar surface area (TPSA) is 64.1 Å². The summed E-state index contributed by atoms with van der Waals surface area (Å²) in [5, 5.41) is 6.77. The summed E-state index contributed by atoms with van der Waals surface area (Å²) in [6.45, 7) is 14.9. The van der Waals surface area contributed by atoms with E-state index in [4.69, 9.17) is 9.98 Å². The number of aryl methyl sites for hydroxylation is 1. The molecule has 9 heteroatoms. The van der Waals surface area contributed by atoms with Crippen molar-refractivity contribution in [1.29, 1.82) is 0 Å². The van der Waals surface area contributed by atoms with Gasteiger partial charge in [-0.1, -0.05) is 6.92 Å². The fourth-order valence-electron chi connectivity index (χ4n) is 3.78. The molecule has 1 aromatic rings. The van der Waals surface area contributed by atoms with E-state index in [0.717, 1.165) is 71.0 Å². The molecule has 7 nitrogen and oxygen atoms in total. The highest BCUT2D eigenvalue weighted by atomic mass is 127. The van der Waals surface area contributed by atoms with Crippen molar-refractivity contribution in [3.8, 4) is 0 Å². The quantitative estimate of drug-likeness (QED) is 0.269. The molecule has 2 heterocycles. The van der Waals surface area contributed by atoms with E-state index in [1.54, 1.807) is 11.3 Å². The Kier molecular flexibility index (Phi) is 13.6. The van der Waals surface area contributed by atoms with Crippen molar-refractivity contribution in [2.75, 3.05) is 52.9 Å². The van der Waals surface area contributed by atoms with Gasteiger partial charge in [-0.3, -0.25) is 14.7 Å². The summed E-state index contributed by atoms with van der Waals surface area (Å²) in [4.78, 5) is 28.3. The highest BCUT2D eigenvalue weighted by Gasteiger charge is 2.21. The fourth-order valence-corrected chi connectivity index (χ4v) is 4.52. The van der Waals surface area contributed by atoms with Gasteiger partial charge in [0.2, 0.25) is 5.91 Å². The highest BCUT2D eigenvalue weighted by Crippen LogP contribution is 2.20. The van der Waals surface area contributed by atoms with Crippen molar-refractivity contribution < 1.29 is 4.79 Å². The summed E-state index contributed by atoms with van der Waals surface area (Å²) in [7, 11) is 1.95. The molecule has 0 atom stereocenters. The molecule has 2 rings (SSSR count). The third-order valence-corrected chi connectivity index (χ3v) is 6.72. The van der Waals surface area contributed by atoms with Crippen molar-refractivity contribution in [3.63, 3.8) is 0 Å². The Balaban J connectivity index is 0.00000480.